The van der Waals surface area contributed by atoms with Crippen LogP contribution in [0.3, 0.4) is 0 Å². The molecule has 0 saturated carbocycles. The number of benzene rings is 2. The van der Waals surface area contributed by atoms with E-state index in [1.54, 1.807) is 29.4 Å². The highest BCUT2D eigenvalue weighted by molar-refractivity contribution is 7.07. The van der Waals surface area contributed by atoms with E-state index in [9.17, 15) is 9.59 Å². The van der Waals surface area contributed by atoms with Gasteiger partial charge in [0.05, 0.1) is 16.6 Å². The van der Waals surface area contributed by atoms with E-state index in [4.69, 9.17) is 4.98 Å². The molecule has 0 fully saturated rings. The van der Waals surface area contributed by atoms with Gasteiger partial charge in [-0.3, -0.25) is 9.59 Å². The fourth-order valence-corrected chi connectivity index (χ4v) is 4.46. The van der Waals surface area contributed by atoms with Crippen LogP contribution in [-0.2, 0) is 17.9 Å². The molecule has 0 aliphatic heterocycles. The van der Waals surface area contributed by atoms with Crippen LogP contribution < -0.4 is 5.32 Å². The van der Waals surface area contributed by atoms with Gasteiger partial charge in [0, 0.05) is 31.7 Å². The molecule has 0 radical (unpaired) electrons. The smallest absolute Gasteiger partial charge is 0.256 e. The molecule has 7 heteroatoms. The standard InChI is InChI=1S/C26H28N4O2S/c1-17(2)25(31)28-21-12-22(26(32)29(4)14-20-10-11-33-16-20)24-23(13-21)27-18(3)30(24)15-19-8-6-5-7-9-19/h5-13,16-17H,14-15H2,1-4H3,(H,28,31). The summed E-state index contributed by atoms with van der Waals surface area (Å²) in [6, 6.07) is 15.8. The molecule has 1 N–H and O–H groups in total. The molecule has 170 valence electrons. The third kappa shape index (κ3) is 4.98. The lowest BCUT2D eigenvalue weighted by atomic mass is 10.1. The van der Waals surface area contributed by atoms with Crippen molar-refractivity contribution in [1.82, 2.24) is 14.5 Å². The van der Waals surface area contributed by atoms with Crippen LogP contribution in [0.4, 0.5) is 5.69 Å². The van der Waals surface area contributed by atoms with Gasteiger partial charge in [-0.15, -0.1) is 0 Å². The number of fused-ring (bicyclic) bond motifs is 1. The van der Waals surface area contributed by atoms with Crippen molar-refractivity contribution in [3.8, 4) is 0 Å². The zero-order chi connectivity index (χ0) is 23.5. The van der Waals surface area contributed by atoms with Crippen molar-refractivity contribution in [2.24, 2.45) is 5.92 Å². The van der Waals surface area contributed by atoms with Gasteiger partial charge in [-0.05, 0) is 47.0 Å². The lowest BCUT2D eigenvalue weighted by Crippen LogP contribution is -2.27. The first-order valence-corrected chi connectivity index (χ1v) is 11.9. The number of aromatic nitrogens is 2. The van der Waals surface area contributed by atoms with Gasteiger partial charge in [0.15, 0.2) is 0 Å². The molecule has 2 amide bonds. The normalized spacial score (nSPS) is 11.2. The van der Waals surface area contributed by atoms with Gasteiger partial charge in [0.2, 0.25) is 5.91 Å². The molecule has 33 heavy (non-hydrogen) atoms. The van der Waals surface area contributed by atoms with Crippen LogP contribution in [0.5, 0.6) is 0 Å². The minimum atomic E-state index is -0.168. The number of rotatable bonds is 7. The maximum Gasteiger partial charge on any atom is 0.256 e. The first kappa shape index (κ1) is 22.7. The van der Waals surface area contributed by atoms with E-state index in [-0.39, 0.29) is 17.7 Å². The van der Waals surface area contributed by atoms with E-state index in [1.807, 2.05) is 61.9 Å². The molecule has 0 aliphatic rings. The van der Waals surface area contributed by atoms with Gasteiger partial charge in [0.25, 0.3) is 5.91 Å². The van der Waals surface area contributed by atoms with Crippen molar-refractivity contribution in [3.63, 3.8) is 0 Å². The lowest BCUT2D eigenvalue weighted by molar-refractivity contribution is -0.118. The number of thiophene rings is 1. The lowest BCUT2D eigenvalue weighted by Gasteiger charge is -2.19. The van der Waals surface area contributed by atoms with Gasteiger partial charge in [-0.1, -0.05) is 44.2 Å². The monoisotopic (exact) mass is 460 g/mol. The second-order valence-electron chi connectivity index (χ2n) is 8.56. The number of hydrogen-bond donors (Lipinski definition) is 1. The molecule has 2 heterocycles. The van der Waals surface area contributed by atoms with Crippen molar-refractivity contribution in [3.05, 3.63) is 81.8 Å². The van der Waals surface area contributed by atoms with Gasteiger partial charge < -0.3 is 14.8 Å². The Balaban J connectivity index is 1.80. The van der Waals surface area contributed by atoms with Gasteiger partial charge >= 0.3 is 0 Å². The summed E-state index contributed by atoms with van der Waals surface area (Å²) in [7, 11) is 1.80. The van der Waals surface area contributed by atoms with E-state index in [1.165, 1.54) is 0 Å². The summed E-state index contributed by atoms with van der Waals surface area (Å²) in [4.78, 5) is 32.5. The Morgan fingerprint density at radius 3 is 2.55 bits per heavy atom. The fourth-order valence-electron chi connectivity index (χ4n) is 3.80. The molecule has 0 atom stereocenters. The number of hydrogen-bond acceptors (Lipinski definition) is 4. The third-order valence-corrected chi connectivity index (χ3v) is 6.32. The maximum absolute atomic E-state index is 13.6. The Kier molecular flexibility index (Phi) is 6.60. The highest BCUT2D eigenvalue weighted by Crippen LogP contribution is 2.28. The molecule has 0 saturated heterocycles. The number of imidazole rings is 1. The Labute approximate surface area is 197 Å². The molecular weight excluding hydrogens is 432 g/mol. The van der Waals surface area contributed by atoms with E-state index in [0.717, 1.165) is 22.5 Å². The molecule has 4 aromatic rings. The number of nitrogens with zero attached hydrogens (tertiary/aromatic N) is 3. The molecule has 0 unspecified atom stereocenters. The van der Waals surface area contributed by atoms with Gasteiger partial charge in [-0.2, -0.15) is 11.3 Å². The largest absolute Gasteiger partial charge is 0.337 e. The molecule has 4 rings (SSSR count). The van der Waals surface area contributed by atoms with Gasteiger partial charge in [-0.25, -0.2) is 4.98 Å². The zero-order valence-electron chi connectivity index (χ0n) is 19.3. The highest BCUT2D eigenvalue weighted by atomic mass is 32.1. The third-order valence-electron chi connectivity index (χ3n) is 5.58. The Morgan fingerprint density at radius 1 is 1.12 bits per heavy atom. The second kappa shape index (κ2) is 9.58. The van der Waals surface area contributed by atoms with Crippen molar-refractivity contribution < 1.29 is 9.59 Å². The number of aryl methyl sites for hydroxylation is 1. The minimum Gasteiger partial charge on any atom is -0.337 e. The number of anilines is 1. The fraction of sp³-hybridized carbons (Fsp3) is 0.269. The topological polar surface area (TPSA) is 67.2 Å². The van der Waals surface area contributed by atoms with Crippen molar-refractivity contribution in [2.45, 2.75) is 33.9 Å². The summed E-state index contributed by atoms with van der Waals surface area (Å²) in [5, 5.41) is 6.98. The number of nitrogens with one attached hydrogen (secondary N) is 1. The molecule has 0 aliphatic carbocycles. The number of carbonyl (C=O) groups excluding carboxylic acids is 2. The molecule has 2 aromatic heterocycles. The summed E-state index contributed by atoms with van der Waals surface area (Å²) < 4.78 is 2.07. The van der Waals surface area contributed by atoms with Crippen molar-refractivity contribution in [1.29, 1.82) is 0 Å². The maximum atomic E-state index is 13.6. The van der Waals surface area contributed by atoms with Crippen LogP contribution in [-0.4, -0.2) is 33.3 Å². The summed E-state index contributed by atoms with van der Waals surface area (Å²) in [6.07, 6.45) is 0. The van der Waals surface area contributed by atoms with Crippen LogP contribution in [0, 0.1) is 12.8 Å². The average molecular weight is 461 g/mol. The summed E-state index contributed by atoms with van der Waals surface area (Å²) in [6.45, 7) is 6.74. The summed E-state index contributed by atoms with van der Waals surface area (Å²) in [5.74, 6) is 0.440. The summed E-state index contributed by atoms with van der Waals surface area (Å²) in [5.41, 5.74) is 4.80. The molecule has 0 bridgehead atoms. The van der Waals surface area contributed by atoms with E-state index in [0.29, 0.717) is 29.9 Å². The highest BCUT2D eigenvalue weighted by Gasteiger charge is 2.22. The predicted octanol–water partition coefficient (Wildman–Crippen LogP) is 5.32. The molecular formula is C26H28N4O2S. The first-order chi connectivity index (χ1) is 15.8. The SMILES string of the molecule is Cc1nc2cc(NC(=O)C(C)C)cc(C(=O)N(C)Cc3ccsc3)c2n1Cc1ccccc1. The Hall–Kier alpha value is -3.45. The number of amides is 2. The second-order valence-corrected chi connectivity index (χ2v) is 9.34. The van der Waals surface area contributed by atoms with E-state index < -0.39 is 0 Å². The van der Waals surface area contributed by atoms with Crippen LogP contribution >= 0.6 is 11.3 Å². The predicted molar refractivity (Wildman–Crippen MR) is 134 cm³/mol. The molecule has 0 spiro atoms. The minimum absolute atomic E-state index is 0.0974. The Morgan fingerprint density at radius 2 is 1.88 bits per heavy atom. The Bertz CT molecular complexity index is 1280. The quantitative estimate of drug-likeness (QED) is 0.406. The van der Waals surface area contributed by atoms with Gasteiger partial charge in [0.1, 0.15) is 5.82 Å². The van der Waals surface area contributed by atoms with Crippen LogP contribution in [0.2, 0.25) is 0 Å². The van der Waals surface area contributed by atoms with Crippen molar-refractivity contribution >= 4 is 39.9 Å². The van der Waals surface area contributed by atoms with Crippen LogP contribution in [0.25, 0.3) is 11.0 Å². The zero-order valence-corrected chi connectivity index (χ0v) is 20.1. The first-order valence-electron chi connectivity index (χ1n) is 11.0. The van der Waals surface area contributed by atoms with E-state index in [2.05, 4.69) is 22.0 Å². The van der Waals surface area contributed by atoms with Crippen molar-refractivity contribution in [2.75, 3.05) is 12.4 Å². The van der Waals surface area contributed by atoms with Crippen LogP contribution in [0.15, 0.2) is 59.3 Å². The molecule has 2 aromatic carbocycles. The average Bonchev–Trinajstić information content (AvgIpc) is 3.41. The van der Waals surface area contributed by atoms with Crippen LogP contribution in [0.1, 0.15) is 41.2 Å². The summed E-state index contributed by atoms with van der Waals surface area (Å²) >= 11 is 1.61. The molecule has 6 nitrogen and oxygen atoms in total. The number of carbonyl (C=O) groups is 2. The van der Waals surface area contributed by atoms with E-state index >= 15 is 0 Å².